The molecule has 20 heavy (non-hydrogen) atoms. The lowest BCUT2D eigenvalue weighted by Crippen LogP contribution is -2.36. The van der Waals surface area contributed by atoms with Gasteiger partial charge in [-0.1, -0.05) is 25.3 Å². The van der Waals surface area contributed by atoms with E-state index in [1.807, 2.05) is 12.1 Å². The molecule has 1 aromatic rings. The Morgan fingerprint density at radius 3 is 2.55 bits per heavy atom. The molecule has 2 atom stereocenters. The number of benzene rings is 1. The summed E-state index contributed by atoms with van der Waals surface area (Å²) in [4.78, 5) is 0. The van der Waals surface area contributed by atoms with Crippen LogP contribution >= 0.6 is 0 Å². The van der Waals surface area contributed by atoms with E-state index in [1.165, 1.54) is 32.1 Å². The first-order chi connectivity index (χ1) is 9.61. The highest BCUT2D eigenvalue weighted by atomic mass is 16.5. The Balaban J connectivity index is 1.98. The van der Waals surface area contributed by atoms with E-state index in [2.05, 4.69) is 19.2 Å². The average molecular weight is 277 g/mol. The van der Waals surface area contributed by atoms with Gasteiger partial charge in [-0.25, -0.2) is 0 Å². The Hall–Kier alpha value is -1.22. The van der Waals surface area contributed by atoms with Gasteiger partial charge in [-0.3, -0.25) is 0 Å². The van der Waals surface area contributed by atoms with E-state index in [-0.39, 0.29) is 11.8 Å². The summed E-state index contributed by atoms with van der Waals surface area (Å²) in [5, 5.41) is 13.4. The second-order valence-corrected chi connectivity index (χ2v) is 6.01. The van der Waals surface area contributed by atoms with Gasteiger partial charge in [0.15, 0.2) is 11.5 Å². The average Bonchev–Trinajstić information content (AvgIpc) is 2.48. The van der Waals surface area contributed by atoms with Gasteiger partial charge in [-0.05, 0) is 50.3 Å². The second-order valence-electron chi connectivity index (χ2n) is 6.01. The molecule has 1 aliphatic carbocycles. The first kappa shape index (κ1) is 15.2. The maximum atomic E-state index is 9.66. The molecule has 2 N–H and O–H groups in total. The summed E-state index contributed by atoms with van der Waals surface area (Å²) in [6, 6.07) is 6.38. The maximum absolute atomic E-state index is 9.66. The number of phenolic OH excluding ortho intramolecular Hbond substituents is 1. The highest BCUT2D eigenvalue weighted by molar-refractivity contribution is 5.42. The number of nitrogens with one attached hydrogen (secondary N) is 1. The van der Waals surface area contributed by atoms with E-state index in [9.17, 15) is 5.11 Å². The van der Waals surface area contributed by atoms with Gasteiger partial charge in [0.05, 0.1) is 7.11 Å². The molecule has 3 nitrogen and oxygen atoms in total. The zero-order valence-corrected chi connectivity index (χ0v) is 12.9. The molecule has 2 rings (SSSR count). The van der Waals surface area contributed by atoms with Crippen molar-refractivity contribution < 1.29 is 9.84 Å². The molecule has 1 aliphatic rings. The summed E-state index contributed by atoms with van der Waals surface area (Å²) in [7, 11) is 1.58. The molecule has 0 spiro atoms. The number of methoxy groups -OCH3 is 1. The molecule has 1 unspecified atom stereocenters. The predicted molar refractivity (Wildman–Crippen MR) is 82.2 cm³/mol. The minimum atomic E-state index is 0.198. The van der Waals surface area contributed by atoms with Crippen molar-refractivity contribution in [3.05, 3.63) is 23.8 Å². The van der Waals surface area contributed by atoms with Gasteiger partial charge in [0.1, 0.15) is 0 Å². The number of aromatic hydroxyl groups is 1. The third-order valence-electron chi connectivity index (χ3n) is 4.57. The summed E-state index contributed by atoms with van der Waals surface area (Å²) < 4.78 is 5.18. The topological polar surface area (TPSA) is 41.5 Å². The van der Waals surface area contributed by atoms with Crippen LogP contribution in [0.5, 0.6) is 11.5 Å². The zero-order valence-electron chi connectivity index (χ0n) is 12.9. The Morgan fingerprint density at radius 1 is 1.20 bits per heavy atom. The van der Waals surface area contributed by atoms with Crippen LogP contribution in [0.1, 0.15) is 57.6 Å². The monoisotopic (exact) mass is 277 g/mol. The van der Waals surface area contributed by atoms with E-state index in [4.69, 9.17) is 4.74 Å². The summed E-state index contributed by atoms with van der Waals surface area (Å²) in [5.41, 5.74) is 1.15. The molecular weight excluding hydrogens is 250 g/mol. The van der Waals surface area contributed by atoms with Gasteiger partial charge >= 0.3 is 0 Å². The van der Waals surface area contributed by atoms with Gasteiger partial charge in [-0.15, -0.1) is 0 Å². The Bertz CT molecular complexity index is 427. The lowest BCUT2D eigenvalue weighted by molar-refractivity contribution is 0.268. The van der Waals surface area contributed by atoms with Gasteiger partial charge in [0, 0.05) is 12.1 Å². The van der Waals surface area contributed by atoms with E-state index >= 15 is 0 Å². The van der Waals surface area contributed by atoms with Crippen molar-refractivity contribution >= 4 is 0 Å². The largest absolute Gasteiger partial charge is 0.504 e. The second kappa shape index (κ2) is 6.98. The van der Waals surface area contributed by atoms with E-state index in [0.29, 0.717) is 11.8 Å². The number of phenols is 1. The van der Waals surface area contributed by atoms with E-state index < -0.39 is 0 Å². The first-order valence-electron chi connectivity index (χ1n) is 7.74. The molecule has 3 heteroatoms. The molecule has 1 aromatic carbocycles. The van der Waals surface area contributed by atoms with Gasteiger partial charge in [-0.2, -0.15) is 0 Å². The van der Waals surface area contributed by atoms with Crippen LogP contribution in [-0.4, -0.2) is 18.3 Å². The summed E-state index contributed by atoms with van der Waals surface area (Å²) in [6.07, 6.45) is 6.84. The highest BCUT2D eigenvalue weighted by Gasteiger charge is 2.21. The molecule has 0 aromatic heterocycles. The van der Waals surface area contributed by atoms with Crippen molar-refractivity contribution in [3.63, 3.8) is 0 Å². The fraction of sp³-hybridized carbons (Fsp3) is 0.647. The zero-order chi connectivity index (χ0) is 14.5. The summed E-state index contributed by atoms with van der Waals surface area (Å²) >= 11 is 0. The van der Waals surface area contributed by atoms with Crippen molar-refractivity contribution in [1.82, 2.24) is 5.32 Å². The first-order valence-corrected chi connectivity index (χ1v) is 7.74. The molecule has 0 heterocycles. The van der Waals surface area contributed by atoms with Crippen molar-refractivity contribution in [2.75, 3.05) is 7.11 Å². The van der Waals surface area contributed by atoms with Crippen LogP contribution in [0.3, 0.4) is 0 Å². The van der Waals surface area contributed by atoms with E-state index in [0.717, 1.165) is 11.5 Å². The quantitative estimate of drug-likeness (QED) is 0.854. The smallest absolute Gasteiger partial charge is 0.160 e. The van der Waals surface area contributed by atoms with Crippen LogP contribution in [0.4, 0.5) is 0 Å². The standard InChI is InChI=1S/C17H27NO2/c1-12(14-7-5-4-6-8-14)18-13(2)15-9-10-16(19)17(11-15)20-3/h9-14,18-19H,4-8H2,1-3H3/t12-,13?/m0/s1. The van der Waals surface area contributed by atoms with Crippen LogP contribution in [-0.2, 0) is 0 Å². The van der Waals surface area contributed by atoms with Crippen LogP contribution in [0, 0.1) is 5.92 Å². The fourth-order valence-electron chi connectivity index (χ4n) is 3.22. The fourth-order valence-corrected chi connectivity index (χ4v) is 3.22. The molecule has 1 saturated carbocycles. The highest BCUT2D eigenvalue weighted by Crippen LogP contribution is 2.31. The number of hydrogen-bond acceptors (Lipinski definition) is 3. The normalized spacial score (nSPS) is 19.6. The van der Waals surface area contributed by atoms with Crippen LogP contribution in [0.2, 0.25) is 0 Å². The predicted octanol–water partition coefficient (Wildman–Crippen LogP) is 4.02. The third-order valence-corrected chi connectivity index (χ3v) is 4.57. The van der Waals surface area contributed by atoms with Crippen LogP contribution in [0.15, 0.2) is 18.2 Å². The SMILES string of the molecule is COc1cc(C(C)N[C@@H](C)C2CCCCC2)ccc1O. The van der Waals surface area contributed by atoms with Gasteiger partial charge in [0.25, 0.3) is 0 Å². The summed E-state index contributed by atoms with van der Waals surface area (Å²) in [5.74, 6) is 1.54. The van der Waals surface area contributed by atoms with Crippen LogP contribution < -0.4 is 10.1 Å². The lowest BCUT2D eigenvalue weighted by atomic mass is 9.84. The molecule has 112 valence electrons. The maximum Gasteiger partial charge on any atom is 0.160 e. The Kier molecular flexibility index (Phi) is 5.30. The molecule has 0 bridgehead atoms. The van der Waals surface area contributed by atoms with Crippen molar-refractivity contribution in [2.45, 2.75) is 58.0 Å². The number of hydrogen-bond donors (Lipinski definition) is 2. The molecule has 0 amide bonds. The van der Waals surface area contributed by atoms with Crippen molar-refractivity contribution in [1.29, 1.82) is 0 Å². The number of rotatable bonds is 5. The molecule has 0 radical (unpaired) electrons. The minimum absolute atomic E-state index is 0.198. The minimum Gasteiger partial charge on any atom is -0.504 e. The molecule has 0 aliphatic heterocycles. The molecular formula is C17H27NO2. The van der Waals surface area contributed by atoms with Gasteiger partial charge < -0.3 is 15.2 Å². The lowest BCUT2D eigenvalue weighted by Gasteiger charge is -2.31. The Morgan fingerprint density at radius 2 is 1.90 bits per heavy atom. The molecule has 1 fully saturated rings. The number of ether oxygens (including phenoxy) is 1. The third kappa shape index (κ3) is 3.66. The van der Waals surface area contributed by atoms with Crippen molar-refractivity contribution in [3.8, 4) is 11.5 Å². The molecule has 0 saturated heterocycles. The van der Waals surface area contributed by atoms with E-state index in [1.54, 1.807) is 13.2 Å². The Labute approximate surface area is 122 Å². The summed E-state index contributed by atoms with van der Waals surface area (Å²) in [6.45, 7) is 4.47. The van der Waals surface area contributed by atoms with Gasteiger partial charge in [0.2, 0.25) is 0 Å². The van der Waals surface area contributed by atoms with Crippen molar-refractivity contribution in [2.24, 2.45) is 5.92 Å². The van der Waals surface area contributed by atoms with Crippen LogP contribution in [0.25, 0.3) is 0 Å².